The number of nitrogens with zero attached hydrogens (tertiary/aromatic N) is 1. The lowest BCUT2D eigenvalue weighted by Crippen LogP contribution is -2.27. The molecule has 3 nitrogen and oxygen atoms in total. The number of benzene rings is 1. The first-order chi connectivity index (χ1) is 10.5. The number of hydrogen-bond acceptors (Lipinski definition) is 2. The van der Waals surface area contributed by atoms with Crippen LogP contribution in [0.2, 0.25) is 0 Å². The zero-order valence-corrected chi connectivity index (χ0v) is 13.7. The lowest BCUT2D eigenvalue weighted by atomic mass is 10.0. The fourth-order valence-electron chi connectivity index (χ4n) is 2.89. The largest absolute Gasteiger partial charge is 0.488 e. The van der Waals surface area contributed by atoms with Crippen LogP contribution >= 0.6 is 0 Å². The number of ether oxygens (including phenoxy) is 1. The molecule has 0 amide bonds. The summed E-state index contributed by atoms with van der Waals surface area (Å²) in [6, 6.07) is 12.2. The zero-order chi connectivity index (χ0) is 15.7. The Bertz CT molecular complexity index is 780. The van der Waals surface area contributed by atoms with E-state index in [1.807, 2.05) is 31.4 Å². The van der Waals surface area contributed by atoms with Gasteiger partial charge < -0.3 is 13.7 Å². The lowest BCUT2D eigenvalue weighted by molar-refractivity contribution is 0.0987. The molecule has 2 aromatic heterocycles. The molecule has 116 valence electrons. The molecule has 0 radical (unpaired) electrons. The van der Waals surface area contributed by atoms with Crippen molar-refractivity contribution in [2.75, 3.05) is 0 Å². The Balaban J connectivity index is 1.92. The minimum atomic E-state index is -0.157. The van der Waals surface area contributed by atoms with E-state index in [1.54, 1.807) is 0 Å². The zero-order valence-electron chi connectivity index (χ0n) is 13.7. The van der Waals surface area contributed by atoms with E-state index in [0.717, 1.165) is 41.0 Å². The maximum atomic E-state index is 6.11. The molecule has 2 heterocycles. The third-order valence-corrected chi connectivity index (χ3v) is 3.93. The number of furan rings is 1. The van der Waals surface area contributed by atoms with Crippen LogP contribution in [0.25, 0.3) is 22.4 Å². The molecule has 0 N–H and O–H groups in total. The predicted molar refractivity (Wildman–Crippen MR) is 90.2 cm³/mol. The van der Waals surface area contributed by atoms with Crippen LogP contribution in [0, 0.1) is 0 Å². The lowest BCUT2D eigenvalue weighted by Gasteiger charge is -2.25. The number of fused-ring (bicyclic) bond motifs is 1. The van der Waals surface area contributed by atoms with Crippen molar-refractivity contribution >= 4 is 11.0 Å². The molecule has 0 spiro atoms. The molecular weight excluding hydrogens is 274 g/mol. The van der Waals surface area contributed by atoms with Crippen LogP contribution in [-0.2, 0) is 7.05 Å². The summed E-state index contributed by atoms with van der Waals surface area (Å²) in [6.07, 6.45) is 4.15. The van der Waals surface area contributed by atoms with E-state index < -0.39 is 0 Å². The molecule has 3 rings (SSSR count). The second kappa shape index (κ2) is 5.56. The van der Waals surface area contributed by atoms with Crippen LogP contribution in [0.3, 0.4) is 0 Å². The third kappa shape index (κ3) is 2.89. The Morgan fingerprint density at radius 3 is 2.68 bits per heavy atom. The Hall–Kier alpha value is -2.16. The first-order valence-corrected chi connectivity index (χ1v) is 7.83. The van der Waals surface area contributed by atoms with E-state index in [0.29, 0.717) is 0 Å². The summed E-state index contributed by atoms with van der Waals surface area (Å²) in [6.45, 7) is 6.42. The molecular formula is C19H23NO2. The van der Waals surface area contributed by atoms with Gasteiger partial charge >= 0.3 is 0 Å². The van der Waals surface area contributed by atoms with Gasteiger partial charge in [0.25, 0.3) is 0 Å². The molecule has 22 heavy (non-hydrogen) atoms. The Labute approximate surface area is 131 Å². The smallest absolute Gasteiger partial charge is 0.151 e. The highest BCUT2D eigenvalue weighted by atomic mass is 16.5. The molecule has 0 aliphatic carbocycles. The monoisotopic (exact) mass is 297 g/mol. The van der Waals surface area contributed by atoms with Gasteiger partial charge in [0.1, 0.15) is 16.9 Å². The molecule has 0 aliphatic heterocycles. The molecule has 0 atom stereocenters. The molecule has 0 aliphatic rings. The summed E-state index contributed by atoms with van der Waals surface area (Å²) in [5, 5.41) is 1.09. The molecule has 3 heteroatoms. The van der Waals surface area contributed by atoms with E-state index in [2.05, 4.69) is 43.5 Å². The van der Waals surface area contributed by atoms with Gasteiger partial charge in [0.2, 0.25) is 0 Å². The average molecular weight is 297 g/mol. The minimum Gasteiger partial charge on any atom is -0.488 e. The Morgan fingerprint density at radius 2 is 2.00 bits per heavy atom. The fraction of sp³-hybridized carbons (Fsp3) is 0.368. The van der Waals surface area contributed by atoms with Crippen LogP contribution in [0.4, 0.5) is 0 Å². The van der Waals surface area contributed by atoms with E-state index >= 15 is 0 Å². The van der Waals surface area contributed by atoms with Gasteiger partial charge in [-0.3, -0.25) is 0 Å². The number of aryl methyl sites for hydroxylation is 1. The summed E-state index contributed by atoms with van der Waals surface area (Å²) in [7, 11) is 2.02. The molecule has 1 aromatic carbocycles. The minimum absolute atomic E-state index is 0.157. The molecule has 0 unspecified atom stereocenters. The van der Waals surface area contributed by atoms with Gasteiger partial charge in [0.15, 0.2) is 5.76 Å². The first kappa shape index (κ1) is 14.8. The highest BCUT2D eigenvalue weighted by Crippen LogP contribution is 2.31. The summed E-state index contributed by atoms with van der Waals surface area (Å²) in [5.74, 6) is 1.74. The van der Waals surface area contributed by atoms with Crippen molar-refractivity contribution in [3.63, 3.8) is 0 Å². The van der Waals surface area contributed by atoms with Gasteiger partial charge in [-0.2, -0.15) is 0 Å². The third-order valence-electron chi connectivity index (χ3n) is 3.93. The average Bonchev–Trinajstić information content (AvgIpc) is 3.03. The van der Waals surface area contributed by atoms with Crippen LogP contribution in [0.5, 0.6) is 5.75 Å². The Kier molecular flexibility index (Phi) is 3.73. The summed E-state index contributed by atoms with van der Waals surface area (Å²) >= 11 is 0. The Morgan fingerprint density at radius 1 is 1.18 bits per heavy atom. The highest BCUT2D eigenvalue weighted by Gasteiger charge is 2.19. The van der Waals surface area contributed by atoms with Crippen molar-refractivity contribution in [1.29, 1.82) is 0 Å². The normalized spacial score (nSPS) is 12.0. The number of rotatable bonds is 5. The van der Waals surface area contributed by atoms with Crippen LogP contribution in [0.15, 0.2) is 47.0 Å². The van der Waals surface area contributed by atoms with Gasteiger partial charge in [0.05, 0.1) is 5.69 Å². The molecule has 0 saturated heterocycles. The topological polar surface area (TPSA) is 27.3 Å². The second-order valence-electron chi connectivity index (χ2n) is 6.43. The molecule has 3 aromatic rings. The van der Waals surface area contributed by atoms with Crippen LogP contribution in [-0.4, -0.2) is 10.2 Å². The summed E-state index contributed by atoms with van der Waals surface area (Å²) in [4.78, 5) is 0. The summed E-state index contributed by atoms with van der Waals surface area (Å²) < 4.78 is 14.2. The van der Waals surface area contributed by atoms with Gasteiger partial charge in [-0.15, -0.1) is 0 Å². The van der Waals surface area contributed by atoms with Crippen molar-refractivity contribution in [3.05, 3.63) is 42.6 Å². The number of aromatic nitrogens is 1. The first-order valence-electron chi connectivity index (χ1n) is 7.83. The van der Waals surface area contributed by atoms with Gasteiger partial charge in [-0.25, -0.2) is 0 Å². The van der Waals surface area contributed by atoms with E-state index in [1.165, 1.54) is 0 Å². The molecule has 0 saturated carbocycles. The van der Waals surface area contributed by atoms with Gasteiger partial charge in [-0.1, -0.05) is 13.3 Å². The predicted octanol–water partition coefficient (Wildman–Crippen LogP) is 5.40. The van der Waals surface area contributed by atoms with Gasteiger partial charge in [0, 0.05) is 24.7 Å². The van der Waals surface area contributed by atoms with Gasteiger partial charge in [-0.05, 0) is 50.6 Å². The second-order valence-corrected chi connectivity index (χ2v) is 6.43. The van der Waals surface area contributed by atoms with Crippen LogP contribution in [0.1, 0.15) is 33.6 Å². The van der Waals surface area contributed by atoms with Crippen molar-refractivity contribution in [2.24, 2.45) is 7.05 Å². The quantitative estimate of drug-likeness (QED) is 0.631. The maximum absolute atomic E-state index is 6.11. The van der Waals surface area contributed by atoms with Crippen molar-refractivity contribution < 1.29 is 9.15 Å². The van der Waals surface area contributed by atoms with Crippen molar-refractivity contribution in [3.8, 4) is 17.2 Å². The van der Waals surface area contributed by atoms with E-state index in [-0.39, 0.29) is 5.60 Å². The maximum Gasteiger partial charge on any atom is 0.151 e. The van der Waals surface area contributed by atoms with Crippen molar-refractivity contribution in [2.45, 2.75) is 39.2 Å². The van der Waals surface area contributed by atoms with E-state index in [9.17, 15) is 0 Å². The summed E-state index contributed by atoms with van der Waals surface area (Å²) in [5.41, 5.74) is 1.78. The highest BCUT2D eigenvalue weighted by molar-refractivity contribution is 5.83. The molecule has 0 fully saturated rings. The molecule has 0 bridgehead atoms. The van der Waals surface area contributed by atoms with Crippen molar-refractivity contribution in [1.82, 2.24) is 4.57 Å². The standard InChI is InChI=1S/C19H23NO2/c1-5-10-19(2,3)22-15-9-8-14-12-18(21-17(14)13-15)16-7-6-11-20(16)4/h6-9,11-13H,5,10H2,1-4H3. The van der Waals surface area contributed by atoms with E-state index in [4.69, 9.17) is 9.15 Å². The van der Waals surface area contributed by atoms with Crippen LogP contribution < -0.4 is 4.74 Å². The SMILES string of the molecule is CCCC(C)(C)Oc1ccc2cc(-c3cccn3C)oc2c1. The fourth-order valence-corrected chi connectivity index (χ4v) is 2.89. The number of hydrogen-bond donors (Lipinski definition) is 0.